The Balaban J connectivity index is 1.36. The van der Waals surface area contributed by atoms with Crippen LogP contribution in [0.2, 0.25) is 0 Å². The van der Waals surface area contributed by atoms with E-state index in [4.69, 9.17) is 4.74 Å². The monoisotopic (exact) mass is 456 g/mol. The Hall–Kier alpha value is -4.22. The Morgan fingerprint density at radius 1 is 1.12 bits per heavy atom. The number of hydrogen-bond donors (Lipinski definition) is 1. The van der Waals surface area contributed by atoms with E-state index in [9.17, 15) is 22.8 Å². The molecule has 4 aromatic rings. The summed E-state index contributed by atoms with van der Waals surface area (Å²) in [5.74, 6) is -1.00. The quantitative estimate of drug-likeness (QED) is 0.472. The smallest absolute Gasteiger partial charge is 0.435 e. The Bertz CT molecular complexity index is 1410. The molecular weight excluding hydrogens is 441 g/mol. The van der Waals surface area contributed by atoms with Gasteiger partial charge in [-0.15, -0.1) is 5.10 Å². The number of halogens is 3. The van der Waals surface area contributed by atoms with Crippen LogP contribution in [0.15, 0.2) is 48.8 Å². The molecule has 0 fully saturated rings. The SMILES string of the molecule is Cn1cc(-c2ccc3nc(NC(=O)C[C@@H]4OC(=O)c5ccccc54)nn3c2)c(C(F)(F)F)n1. The molecule has 1 aliphatic rings. The fraction of sp³-hybridized carbons (Fsp3) is 0.190. The number of carbonyl (C=O) groups excluding carboxylic acids is 2. The number of rotatable bonds is 4. The second-order valence-electron chi connectivity index (χ2n) is 7.45. The van der Waals surface area contributed by atoms with Crippen molar-refractivity contribution in [3.8, 4) is 11.1 Å². The van der Waals surface area contributed by atoms with E-state index in [-0.39, 0.29) is 23.5 Å². The number of hydrogen-bond acceptors (Lipinski definition) is 6. The second kappa shape index (κ2) is 7.43. The molecule has 1 atom stereocenters. The lowest BCUT2D eigenvalue weighted by atomic mass is 10.0. The number of aromatic nitrogens is 5. The number of amides is 1. The number of ether oxygens (including phenoxy) is 1. The van der Waals surface area contributed by atoms with Crippen LogP contribution >= 0.6 is 0 Å². The summed E-state index contributed by atoms with van der Waals surface area (Å²) in [6.45, 7) is 0. The van der Waals surface area contributed by atoms with Gasteiger partial charge in [-0.1, -0.05) is 18.2 Å². The van der Waals surface area contributed by atoms with Crippen LogP contribution in [-0.2, 0) is 22.8 Å². The first-order chi connectivity index (χ1) is 15.7. The molecule has 0 bridgehead atoms. The van der Waals surface area contributed by atoms with Crippen molar-refractivity contribution in [2.45, 2.75) is 18.7 Å². The molecule has 1 amide bonds. The van der Waals surface area contributed by atoms with Crippen LogP contribution in [0, 0.1) is 0 Å². The molecule has 0 unspecified atom stereocenters. The summed E-state index contributed by atoms with van der Waals surface area (Å²) < 4.78 is 47.5. The number of esters is 1. The van der Waals surface area contributed by atoms with E-state index in [1.54, 1.807) is 24.3 Å². The lowest BCUT2D eigenvalue weighted by Gasteiger charge is -2.09. The van der Waals surface area contributed by atoms with Gasteiger partial charge in [0.1, 0.15) is 6.10 Å². The summed E-state index contributed by atoms with van der Waals surface area (Å²) in [5, 5.41) is 10.2. The Kier molecular flexibility index (Phi) is 4.65. The largest absolute Gasteiger partial charge is 0.453 e. The molecule has 33 heavy (non-hydrogen) atoms. The third-order valence-corrected chi connectivity index (χ3v) is 5.14. The molecule has 9 nitrogen and oxygen atoms in total. The van der Waals surface area contributed by atoms with Crippen LogP contribution in [0.25, 0.3) is 16.8 Å². The molecule has 1 aliphatic heterocycles. The van der Waals surface area contributed by atoms with E-state index in [2.05, 4.69) is 20.5 Å². The molecule has 168 valence electrons. The third-order valence-electron chi connectivity index (χ3n) is 5.14. The molecule has 0 radical (unpaired) electrons. The molecule has 1 aromatic carbocycles. The molecule has 0 saturated carbocycles. The highest BCUT2D eigenvalue weighted by Crippen LogP contribution is 2.36. The van der Waals surface area contributed by atoms with Gasteiger partial charge in [0.15, 0.2) is 11.3 Å². The Labute approximate surface area is 183 Å². The third kappa shape index (κ3) is 3.79. The molecule has 12 heteroatoms. The van der Waals surface area contributed by atoms with Crippen molar-refractivity contribution in [1.82, 2.24) is 24.4 Å². The molecular formula is C21H15F3N6O3. The van der Waals surface area contributed by atoms with Crippen molar-refractivity contribution in [3.63, 3.8) is 0 Å². The second-order valence-corrected chi connectivity index (χ2v) is 7.45. The zero-order valence-electron chi connectivity index (χ0n) is 17.0. The maximum absolute atomic E-state index is 13.3. The van der Waals surface area contributed by atoms with E-state index in [0.717, 1.165) is 4.68 Å². The van der Waals surface area contributed by atoms with Crippen LogP contribution < -0.4 is 5.32 Å². The van der Waals surface area contributed by atoms with Gasteiger partial charge in [-0.05, 0) is 18.2 Å². The van der Waals surface area contributed by atoms with Crippen molar-refractivity contribution >= 4 is 23.5 Å². The number of pyridine rings is 1. The van der Waals surface area contributed by atoms with Gasteiger partial charge in [0, 0.05) is 36.1 Å². The zero-order chi connectivity index (χ0) is 23.3. The minimum absolute atomic E-state index is 0.0306. The lowest BCUT2D eigenvalue weighted by Crippen LogP contribution is -2.16. The lowest BCUT2D eigenvalue weighted by molar-refractivity contribution is -0.141. The maximum atomic E-state index is 13.3. The summed E-state index contributed by atoms with van der Waals surface area (Å²) in [6, 6.07) is 9.76. The summed E-state index contributed by atoms with van der Waals surface area (Å²) in [5.41, 5.74) is 0.493. The van der Waals surface area contributed by atoms with Crippen LogP contribution in [0.4, 0.5) is 19.1 Å². The average molecular weight is 456 g/mol. The number of nitrogens with zero attached hydrogens (tertiary/aromatic N) is 5. The average Bonchev–Trinajstić information content (AvgIpc) is 3.43. The number of aryl methyl sites for hydroxylation is 1. The minimum Gasteiger partial charge on any atom is -0.453 e. The first kappa shape index (κ1) is 20.7. The molecule has 3 aromatic heterocycles. The molecule has 4 heterocycles. The highest BCUT2D eigenvalue weighted by atomic mass is 19.4. The number of benzene rings is 1. The first-order valence-corrected chi connectivity index (χ1v) is 9.76. The highest BCUT2D eigenvalue weighted by molar-refractivity contribution is 5.96. The molecule has 0 aliphatic carbocycles. The van der Waals surface area contributed by atoms with Crippen molar-refractivity contribution < 1.29 is 27.5 Å². The first-order valence-electron chi connectivity index (χ1n) is 9.76. The van der Waals surface area contributed by atoms with Gasteiger partial charge in [0.25, 0.3) is 0 Å². The summed E-state index contributed by atoms with van der Waals surface area (Å²) in [4.78, 5) is 28.6. The van der Waals surface area contributed by atoms with Crippen LogP contribution in [0.3, 0.4) is 0 Å². The topological polar surface area (TPSA) is 103 Å². The van der Waals surface area contributed by atoms with Crippen molar-refractivity contribution in [3.05, 3.63) is 65.6 Å². The zero-order valence-corrected chi connectivity index (χ0v) is 17.0. The van der Waals surface area contributed by atoms with E-state index in [1.807, 2.05) is 0 Å². The number of alkyl halides is 3. The summed E-state index contributed by atoms with van der Waals surface area (Å²) in [7, 11) is 1.40. The van der Waals surface area contributed by atoms with Gasteiger partial charge < -0.3 is 4.74 Å². The van der Waals surface area contributed by atoms with E-state index >= 15 is 0 Å². The molecule has 1 N–H and O–H groups in total. The minimum atomic E-state index is -4.62. The fourth-order valence-corrected chi connectivity index (χ4v) is 3.72. The molecule has 0 saturated heterocycles. The van der Waals surface area contributed by atoms with Crippen LogP contribution in [-0.4, -0.2) is 36.3 Å². The number of carbonyl (C=O) groups is 2. The van der Waals surface area contributed by atoms with Gasteiger partial charge in [0.2, 0.25) is 11.9 Å². The van der Waals surface area contributed by atoms with Crippen molar-refractivity contribution in [2.75, 3.05) is 5.32 Å². The van der Waals surface area contributed by atoms with Gasteiger partial charge in [0.05, 0.1) is 12.0 Å². The fourth-order valence-electron chi connectivity index (χ4n) is 3.72. The summed E-state index contributed by atoms with van der Waals surface area (Å²) >= 11 is 0. The summed E-state index contributed by atoms with van der Waals surface area (Å²) in [6.07, 6.45) is -2.82. The van der Waals surface area contributed by atoms with E-state index < -0.39 is 29.9 Å². The predicted molar refractivity (Wildman–Crippen MR) is 108 cm³/mol. The number of nitrogens with one attached hydrogen (secondary N) is 1. The standard InChI is InChI=1S/C21H15F3N6O3/c1-29-10-14(18(27-29)21(22,23)24)11-6-7-16-25-20(28-30(16)9-11)26-17(31)8-15-12-4-2-3-5-13(12)19(32)33-15/h2-7,9-10,15H,8H2,1H3,(H,26,28,31)/t15-/m0/s1. The Morgan fingerprint density at radius 3 is 2.70 bits per heavy atom. The van der Waals surface area contributed by atoms with E-state index in [0.29, 0.717) is 16.8 Å². The van der Waals surface area contributed by atoms with Crippen LogP contribution in [0.5, 0.6) is 0 Å². The predicted octanol–water partition coefficient (Wildman–Crippen LogP) is 3.39. The van der Waals surface area contributed by atoms with Crippen molar-refractivity contribution in [2.24, 2.45) is 7.05 Å². The normalized spacial score (nSPS) is 15.5. The maximum Gasteiger partial charge on any atom is 0.435 e. The van der Waals surface area contributed by atoms with Gasteiger partial charge in [-0.25, -0.2) is 9.31 Å². The van der Waals surface area contributed by atoms with Crippen molar-refractivity contribution in [1.29, 1.82) is 0 Å². The molecule has 0 spiro atoms. The Morgan fingerprint density at radius 2 is 1.91 bits per heavy atom. The van der Waals surface area contributed by atoms with Gasteiger partial charge in [-0.2, -0.15) is 23.3 Å². The number of cyclic esters (lactones) is 1. The number of anilines is 1. The molecule has 5 rings (SSSR count). The van der Waals surface area contributed by atoms with Gasteiger partial charge in [-0.3, -0.25) is 14.8 Å². The highest BCUT2D eigenvalue weighted by Gasteiger charge is 2.37. The number of fused-ring (bicyclic) bond motifs is 2. The van der Waals surface area contributed by atoms with E-state index in [1.165, 1.54) is 36.1 Å². The van der Waals surface area contributed by atoms with Crippen LogP contribution in [0.1, 0.15) is 34.1 Å². The van der Waals surface area contributed by atoms with Gasteiger partial charge >= 0.3 is 12.1 Å².